The molecule has 1 heterocycles. The van der Waals surface area contributed by atoms with E-state index in [4.69, 9.17) is 18.7 Å². The van der Waals surface area contributed by atoms with E-state index in [2.05, 4.69) is 10.5 Å². The molecule has 0 saturated heterocycles. The third kappa shape index (κ3) is 6.01. The van der Waals surface area contributed by atoms with Crippen LogP contribution in [0.25, 0.3) is 11.3 Å². The normalized spacial score (nSPS) is 18.0. The molecule has 4 rings (SSSR count). The molecule has 1 saturated carbocycles. The summed E-state index contributed by atoms with van der Waals surface area (Å²) in [6.07, 6.45) is 1.21. The number of nitrogens with zero attached hydrogens (tertiary/aromatic N) is 1. The summed E-state index contributed by atoms with van der Waals surface area (Å²) in [7, 11) is 0. The standard InChI is InChI=1S/C27H30N2O6/c1-4-32-26(30)21-12-15-23(16-21)34-22-13-10-20(11-14-22)25-24(17(2)29-35-25)28-27(31)33-18(3)19-8-6-5-7-9-19/h5-11,13-14,18,21,23H,4,12,15-16H2,1-3H3,(H,28,31)/t18-,21?,23?/m1/s1. The van der Waals surface area contributed by atoms with Gasteiger partial charge < -0.3 is 18.7 Å². The number of carbonyl (C=O) groups excluding carboxylic acids is 2. The number of esters is 1. The quantitative estimate of drug-likeness (QED) is 0.392. The second-order valence-corrected chi connectivity index (χ2v) is 8.58. The van der Waals surface area contributed by atoms with Crippen LogP contribution in [0.3, 0.4) is 0 Å². The first kappa shape index (κ1) is 24.3. The van der Waals surface area contributed by atoms with Crippen LogP contribution in [0.2, 0.25) is 0 Å². The van der Waals surface area contributed by atoms with E-state index in [9.17, 15) is 9.59 Å². The van der Waals surface area contributed by atoms with Crippen molar-refractivity contribution in [3.63, 3.8) is 0 Å². The molecule has 2 aromatic carbocycles. The first-order valence-electron chi connectivity index (χ1n) is 11.9. The Labute approximate surface area is 204 Å². The van der Waals surface area contributed by atoms with Gasteiger partial charge in [-0.1, -0.05) is 35.5 Å². The van der Waals surface area contributed by atoms with E-state index in [0.29, 0.717) is 35.9 Å². The fourth-order valence-corrected chi connectivity index (χ4v) is 4.20. The van der Waals surface area contributed by atoms with Crippen molar-refractivity contribution in [1.29, 1.82) is 0 Å². The van der Waals surface area contributed by atoms with Crippen LogP contribution in [0.4, 0.5) is 10.5 Å². The van der Waals surface area contributed by atoms with Crippen molar-refractivity contribution in [1.82, 2.24) is 5.16 Å². The monoisotopic (exact) mass is 478 g/mol. The summed E-state index contributed by atoms with van der Waals surface area (Å²) in [5, 5.41) is 6.77. The number of ether oxygens (including phenoxy) is 3. The van der Waals surface area contributed by atoms with Gasteiger partial charge in [0.25, 0.3) is 0 Å². The molecule has 0 radical (unpaired) electrons. The Kier molecular flexibility index (Phi) is 7.70. The minimum Gasteiger partial charge on any atom is -0.490 e. The molecular formula is C27H30N2O6. The zero-order valence-corrected chi connectivity index (χ0v) is 20.2. The van der Waals surface area contributed by atoms with E-state index in [1.165, 1.54) is 0 Å². The first-order chi connectivity index (χ1) is 16.9. The predicted octanol–water partition coefficient (Wildman–Crippen LogP) is 6.07. The van der Waals surface area contributed by atoms with Crippen LogP contribution in [0.1, 0.15) is 50.5 Å². The van der Waals surface area contributed by atoms with Crippen LogP contribution in [-0.4, -0.2) is 29.9 Å². The van der Waals surface area contributed by atoms with Crippen molar-refractivity contribution in [2.24, 2.45) is 5.92 Å². The Bertz CT molecular complexity index is 1140. The summed E-state index contributed by atoms with van der Waals surface area (Å²) in [4.78, 5) is 24.5. The molecule has 184 valence electrons. The van der Waals surface area contributed by atoms with Crippen molar-refractivity contribution in [2.45, 2.75) is 52.2 Å². The van der Waals surface area contributed by atoms with E-state index in [0.717, 1.165) is 24.0 Å². The summed E-state index contributed by atoms with van der Waals surface area (Å²) in [6.45, 7) is 5.77. The van der Waals surface area contributed by atoms with Gasteiger partial charge in [-0.2, -0.15) is 0 Å². The average Bonchev–Trinajstić information content (AvgIpc) is 3.47. The van der Waals surface area contributed by atoms with Gasteiger partial charge in [0.1, 0.15) is 23.2 Å². The third-order valence-electron chi connectivity index (χ3n) is 6.07. The van der Waals surface area contributed by atoms with Gasteiger partial charge in [-0.25, -0.2) is 4.79 Å². The first-order valence-corrected chi connectivity index (χ1v) is 11.9. The van der Waals surface area contributed by atoms with Crippen molar-refractivity contribution in [2.75, 3.05) is 11.9 Å². The second-order valence-electron chi connectivity index (χ2n) is 8.58. The van der Waals surface area contributed by atoms with E-state index < -0.39 is 12.2 Å². The lowest BCUT2D eigenvalue weighted by Gasteiger charge is -2.15. The largest absolute Gasteiger partial charge is 0.490 e. The average molecular weight is 479 g/mol. The number of nitrogens with one attached hydrogen (secondary N) is 1. The minimum absolute atomic E-state index is 0.0265. The lowest BCUT2D eigenvalue weighted by atomic mass is 10.1. The van der Waals surface area contributed by atoms with Gasteiger partial charge in [0.05, 0.1) is 18.6 Å². The molecule has 2 unspecified atom stereocenters. The summed E-state index contributed by atoms with van der Waals surface area (Å²) in [6, 6.07) is 16.9. The maximum atomic E-state index is 12.5. The van der Waals surface area contributed by atoms with Crippen LogP contribution in [-0.2, 0) is 14.3 Å². The third-order valence-corrected chi connectivity index (χ3v) is 6.07. The van der Waals surface area contributed by atoms with Crippen LogP contribution in [0.5, 0.6) is 5.75 Å². The van der Waals surface area contributed by atoms with Gasteiger partial charge in [0.2, 0.25) is 0 Å². The number of anilines is 1. The van der Waals surface area contributed by atoms with Crippen LogP contribution in [0.15, 0.2) is 59.1 Å². The number of rotatable bonds is 8. The predicted molar refractivity (Wildman–Crippen MR) is 130 cm³/mol. The molecule has 1 aliphatic carbocycles. The highest BCUT2D eigenvalue weighted by Crippen LogP contribution is 2.34. The Balaban J connectivity index is 1.38. The van der Waals surface area contributed by atoms with Gasteiger partial charge in [0, 0.05) is 5.56 Å². The van der Waals surface area contributed by atoms with Crippen molar-refractivity contribution < 1.29 is 28.3 Å². The van der Waals surface area contributed by atoms with Crippen molar-refractivity contribution >= 4 is 17.7 Å². The zero-order valence-electron chi connectivity index (χ0n) is 20.2. The summed E-state index contributed by atoms with van der Waals surface area (Å²) in [5.41, 5.74) is 2.63. The molecule has 0 aliphatic heterocycles. The topological polar surface area (TPSA) is 99.9 Å². The van der Waals surface area contributed by atoms with Crippen molar-refractivity contribution in [3.05, 3.63) is 65.9 Å². The van der Waals surface area contributed by atoms with Crippen molar-refractivity contribution in [3.8, 4) is 17.1 Å². The Morgan fingerprint density at radius 1 is 1.11 bits per heavy atom. The number of carbonyl (C=O) groups is 2. The summed E-state index contributed by atoms with van der Waals surface area (Å²) >= 11 is 0. The maximum absolute atomic E-state index is 12.5. The van der Waals surface area contributed by atoms with E-state index in [1.807, 2.05) is 68.4 Å². The Morgan fingerprint density at radius 2 is 1.86 bits per heavy atom. The number of aromatic nitrogens is 1. The summed E-state index contributed by atoms with van der Waals surface area (Å²) in [5.74, 6) is 0.882. The Morgan fingerprint density at radius 3 is 2.57 bits per heavy atom. The fraction of sp³-hybridized carbons (Fsp3) is 0.370. The molecule has 1 amide bonds. The molecule has 3 aromatic rings. The van der Waals surface area contributed by atoms with E-state index >= 15 is 0 Å². The van der Waals surface area contributed by atoms with Gasteiger partial charge in [-0.3, -0.25) is 10.1 Å². The van der Waals surface area contributed by atoms with Gasteiger partial charge in [0.15, 0.2) is 5.76 Å². The molecule has 0 bridgehead atoms. The smallest absolute Gasteiger partial charge is 0.412 e. The van der Waals surface area contributed by atoms with Crippen LogP contribution in [0, 0.1) is 12.8 Å². The summed E-state index contributed by atoms with van der Waals surface area (Å²) < 4.78 is 22.2. The molecule has 1 aromatic heterocycles. The minimum atomic E-state index is -0.591. The van der Waals surface area contributed by atoms with E-state index in [-0.39, 0.29) is 18.0 Å². The fourth-order valence-electron chi connectivity index (χ4n) is 4.20. The number of aryl methyl sites for hydroxylation is 1. The molecule has 3 atom stereocenters. The molecule has 8 nitrogen and oxygen atoms in total. The number of benzene rings is 2. The molecule has 1 aliphatic rings. The highest BCUT2D eigenvalue weighted by molar-refractivity contribution is 5.90. The molecule has 1 N–H and O–H groups in total. The molecule has 8 heteroatoms. The van der Waals surface area contributed by atoms with Crippen LogP contribution < -0.4 is 10.1 Å². The highest BCUT2D eigenvalue weighted by Gasteiger charge is 2.32. The molecule has 1 fully saturated rings. The highest BCUT2D eigenvalue weighted by atomic mass is 16.6. The molecule has 35 heavy (non-hydrogen) atoms. The van der Waals surface area contributed by atoms with Gasteiger partial charge in [-0.05, 0) is 69.9 Å². The zero-order chi connectivity index (χ0) is 24.8. The number of hydrogen-bond acceptors (Lipinski definition) is 7. The maximum Gasteiger partial charge on any atom is 0.412 e. The lowest BCUT2D eigenvalue weighted by Crippen LogP contribution is -2.18. The lowest BCUT2D eigenvalue weighted by molar-refractivity contribution is -0.147. The van der Waals surface area contributed by atoms with E-state index in [1.54, 1.807) is 6.92 Å². The Hall–Kier alpha value is -3.81. The number of amides is 1. The van der Waals surface area contributed by atoms with Gasteiger partial charge >= 0.3 is 12.1 Å². The second kappa shape index (κ2) is 11.1. The number of hydrogen-bond donors (Lipinski definition) is 1. The molecule has 0 spiro atoms. The van der Waals surface area contributed by atoms with Gasteiger partial charge in [-0.15, -0.1) is 0 Å². The SMILES string of the molecule is CCOC(=O)C1CCC(Oc2ccc(-c3onc(C)c3NC(=O)O[C@H](C)c3ccccc3)cc2)C1. The molecular weight excluding hydrogens is 448 g/mol. The van der Waals surface area contributed by atoms with Crippen LogP contribution >= 0.6 is 0 Å².